The van der Waals surface area contributed by atoms with Crippen molar-refractivity contribution in [3.05, 3.63) is 27.7 Å². The van der Waals surface area contributed by atoms with Crippen LogP contribution in [0.3, 0.4) is 0 Å². The first kappa shape index (κ1) is 16.1. The van der Waals surface area contributed by atoms with Crippen LogP contribution in [-0.4, -0.2) is 43.0 Å². The molecule has 0 atom stereocenters. The number of rotatable bonds is 5. The highest BCUT2D eigenvalue weighted by molar-refractivity contribution is 9.10. The summed E-state index contributed by atoms with van der Waals surface area (Å²) < 4.78 is 6.05. The van der Waals surface area contributed by atoms with Gasteiger partial charge in [-0.25, -0.2) is 0 Å². The lowest BCUT2D eigenvalue weighted by Gasteiger charge is -2.15. The molecule has 1 aliphatic heterocycles. The quantitative estimate of drug-likeness (QED) is 0.858. The number of likely N-dealkylation sites (tertiary alicyclic amines) is 1. The molecule has 1 heterocycles. The number of benzene rings is 1. The standard InChI is InChI=1S/C14H16BrClN2O3/c15-11-7-10(16)3-4-12(11)21-9-13(19)17-8-14(20)18-5-1-2-6-18/h3-4,7H,1-2,5-6,8-9H2,(H,17,19). The Labute approximate surface area is 136 Å². The fourth-order valence-corrected chi connectivity index (χ4v) is 2.84. The van der Waals surface area contributed by atoms with E-state index in [0.717, 1.165) is 25.9 Å². The average Bonchev–Trinajstić information content (AvgIpc) is 2.98. The number of hydrogen-bond donors (Lipinski definition) is 1. The van der Waals surface area contributed by atoms with Gasteiger partial charge in [-0.05, 0) is 47.0 Å². The zero-order chi connectivity index (χ0) is 15.2. The minimum absolute atomic E-state index is 0.0178. The molecule has 1 aromatic carbocycles. The molecule has 0 spiro atoms. The van der Waals surface area contributed by atoms with Crippen LogP contribution in [0.4, 0.5) is 0 Å². The van der Waals surface area contributed by atoms with Crippen molar-refractivity contribution in [1.82, 2.24) is 10.2 Å². The molecule has 1 saturated heterocycles. The van der Waals surface area contributed by atoms with Gasteiger partial charge in [-0.2, -0.15) is 0 Å². The van der Waals surface area contributed by atoms with Crippen molar-refractivity contribution in [2.24, 2.45) is 0 Å². The first-order chi connectivity index (χ1) is 10.1. The lowest BCUT2D eigenvalue weighted by atomic mass is 10.3. The molecule has 2 rings (SSSR count). The molecule has 0 aromatic heterocycles. The summed E-state index contributed by atoms with van der Waals surface area (Å²) in [5.41, 5.74) is 0. The van der Waals surface area contributed by atoms with Crippen molar-refractivity contribution in [3.8, 4) is 5.75 Å². The van der Waals surface area contributed by atoms with Gasteiger partial charge in [-0.3, -0.25) is 9.59 Å². The smallest absolute Gasteiger partial charge is 0.258 e. The Morgan fingerprint density at radius 1 is 1.33 bits per heavy atom. The SMILES string of the molecule is O=C(COc1ccc(Cl)cc1Br)NCC(=O)N1CCCC1. The van der Waals surface area contributed by atoms with E-state index >= 15 is 0 Å². The minimum Gasteiger partial charge on any atom is -0.483 e. The molecule has 1 aliphatic rings. The summed E-state index contributed by atoms with van der Waals surface area (Å²) in [6, 6.07) is 5.04. The Hall–Kier alpha value is -1.27. The van der Waals surface area contributed by atoms with Crippen molar-refractivity contribution in [2.45, 2.75) is 12.8 Å². The second-order valence-corrected chi connectivity index (χ2v) is 6.02. The van der Waals surface area contributed by atoms with E-state index in [1.165, 1.54) is 0 Å². The first-order valence-corrected chi connectivity index (χ1v) is 7.85. The number of carbonyl (C=O) groups excluding carboxylic acids is 2. The Bertz CT molecular complexity index is 533. The first-order valence-electron chi connectivity index (χ1n) is 6.68. The van der Waals surface area contributed by atoms with Gasteiger partial charge in [0.15, 0.2) is 6.61 Å². The molecule has 5 nitrogen and oxygen atoms in total. The van der Waals surface area contributed by atoms with Gasteiger partial charge in [-0.15, -0.1) is 0 Å². The third kappa shape index (κ3) is 4.89. The monoisotopic (exact) mass is 374 g/mol. The Balaban J connectivity index is 1.73. The summed E-state index contributed by atoms with van der Waals surface area (Å²) in [6.45, 7) is 1.43. The molecule has 7 heteroatoms. The number of amides is 2. The van der Waals surface area contributed by atoms with E-state index in [0.29, 0.717) is 15.2 Å². The van der Waals surface area contributed by atoms with E-state index in [-0.39, 0.29) is 25.0 Å². The number of nitrogens with zero attached hydrogens (tertiary/aromatic N) is 1. The molecule has 1 aromatic rings. The van der Waals surface area contributed by atoms with Gasteiger partial charge in [-0.1, -0.05) is 11.6 Å². The van der Waals surface area contributed by atoms with Gasteiger partial charge in [0.25, 0.3) is 5.91 Å². The lowest BCUT2D eigenvalue weighted by molar-refractivity contribution is -0.132. The molecule has 0 aliphatic carbocycles. The van der Waals surface area contributed by atoms with E-state index in [1.807, 2.05) is 0 Å². The number of ether oxygens (including phenoxy) is 1. The zero-order valence-electron chi connectivity index (χ0n) is 11.4. The maximum atomic E-state index is 11.8. The van der Waals surface area contributed by atoms with Gasteiger partial charge in [0, 0.05) is 18.1 Å². The van der Waals surface area contributed by atoms with Crippen LogP contribution in [0.5, 0.6) is 5.75 Å². The normalized spacial score (nSPS) is 14.1. The molecule has 1 fully saturated rings. The summed E-state index contributed by atoms with van der Waals surface area (Å²) in [5, 5.41) is 3.14. The molecule has 114 valence electrons. The summed E-state index contributed by atoms with van der Waals surface area (Å²) in [5.74, 6) is 0.151. The molecule has 21 heavy (non-hydrogen) atoms. The minimum atomic E-state index is -0.329. The van der Waals surface area contributed by atoms with Crippen LogP contribution < -0.4 is 10.1 Å². The highest BCUT2D eigenvalue weighted by Crippen LogP contribution is 2.27. The Kier molecular flexibility index (Phi) is 5.87. The van der Waals surface area contributed by atoms with Crippen molar-refractivity contribution in [3.63, 3.8) is 0 Å². The van der Waals surface area contributed by atoms with Crippen LogP contribution >= 0.6 is 27.5 Å². The third-order valence-corrected chi connectivity index (χ3v) is 4.00. The summed E-state index contributed by atoms with van der Waals surface area (Å²) >= 11 is 9.12. The summed E-state index contributed by atoms with van der Waals surface area (Å²) in [6.07, 6.45) is 2.07. The van der Waals surface area contributed by atoms with E-state index in [9.17, 15) is 9.59 Å². The molecule has 0 bridgehead atoms. The molecular formula is C14H16BrClN2O3. The summed E-state index contributed by atoms with van der Waals surface area (Å²) in [7, 11) is 0. The second kappa shape index (κ2) is 7.66. The van der Waals surface area contributed by atoms with E-state index in [1.54, 1.807) is 23.1 Å². The largest absolute Gasteiger partial charge is 0.483 e. The highest BCUT2D eigenvalue weighted by atomic mass is 79.9. The average molecular weight is 376 g/mol. The van der Waals surface area contributed by atoms with Crippen LogP contribution in [-0.2, 0) is 9.59 Å². The molecular weight excluding hydrogens is 360 g/mol. The van der Waals surface area contributed by atoms with Gasteiger partial charge in [0.1, 0.15) is 5.75 Å². The fourth-order valence-electron chi connectivity index (χ4n) is 2.04. The molecule has 0 unspecified atom stereocenters. The van der Waals surface area contributed by atoms with Gasteiger partial charge in [0.05, 0.1) is 11.0 Å². The predicted molar refractivity (Wildman–Crippen MR) is 83.5 cm³/mol. The molecule has 0 saturated carbocycles. The molecule has 0 radical (unpaired) electrons. The second-order valence-electron chi connectivity index (χ2n) is 4.73. The summed E-state index contributed by atoms with van der Waals surface area (Å²) in [4.78, 5) is 25.2. The van der Waals surface area contributed by atoms with E-state index in [4.69, 9.17) is 16.3 Å². The van der Waals surface area contributed by atoms with Crippen LogP contribution in [0.1, 0.15) is 12.8 Å². The molecule has 1 N–H and O–H groups in total. The molecule has 2 amide bonds. The lowest BCUT2D eigenvalue weighted by Crippen LogP contribution is -2.40. The third-order valence-electron chi connectivity index (χ3n) is 3.15. The fraction of sp³-hybridized carbons (Fsp3) is 0.429. The van der Waals surface area contributed by atoms with Crippen molar-refractivity contribution in [2.75, 3.05) is 26.2 Å². The zero-order valence-corrected chi connectivity index (χ0v) is 13.7. The van der Waals surface area contributed by atoms with Crippen LogP contribution in [0.2, 0.25) is 5.02 Å². The topological polar surface area (TPSA) is 58.6 Å². The van der Waals surface area contributed by atoms with Crippen molar-refractivity contribution >= 4 is 39.3 Å². The Morgan fingerprint density at radius 2 is 2.05 bits per heavy atom. The number of halogens is 2. The van der Waals surface area contributed by atoms with Crippen LogP contribution in [0, 0.1) is 0 Å². The van der Waals surface area contributed by atoms with E-state index in [2.05, 4.69) is 21.2 Å². The maximum absolute atomic E-state index is 11.8. The van der Waals surface area contributed by atoms with Crippen LogP contribution in [0.15, 0.2) is 22.7 Å². The van der Waals surface area contributed by atoms with E-state index < -0.39 is 0 Å². The van der Waals surface area contributed by atoms with Gasteiger partial charge in [0.2, 0.25) is 5.91 Å². The van der Waals surface area contributed by atoms with Crippen LogP contribution in [0.25, 0.3) is 0 Å². The van der Waals surface area contributed by atoms with Crippen molar-refractivity contribution < 1.29 is 14.3 Å². The Morgan fingerprint density at radius 3 is 2.71 bits per heavy atom. The van der Waals surface area contributed by atoms with Gasteiger partial charge < -0.3 is 15.0 Å². The number of nitrogens with one attached hydrogen (secondary N) is 1. The number of carbonyl (C=O) groups is 2. The van der Waals surface area contributed by atoms with Crippen molar-refractivity contribution in [1.29, 1.82) is 0 Å². The van der Waals surface area contributed by atoms with Gasteiger partial charge >= 0.3 is 0 Å². The maximum Gasteiger partial charge on any atom is 0.258 e. The highest BCUT2D eigenvalue weighted by Gasteiger charge is 2.18. The predicted octanol–water partition coefficient (Wildman–Crippen LogP) is 2.22. The number of hydrogen-bond acceptors (Lipinski definition) is 3.